The number of rotatable bonds is 3. The summed E-state index contributed by atoms with van der Waals surface area (Å²) < 4.78 is 26.9. The van der Waals surface area contributed by atoms with Crippen molar-refractivity contribution in [3.63, 3.8) is 0 Å². The molecule has 90 valence electrons. The predicted octanol–water partition coefficient (Wildman–Crippen LogP) is 1.51. The number of hydrogen-bond acceptors (Lipinski definition) is 4. The van der Waals surface area contributed by atoms with Crippen molar-refractivity contribution >= 4 is 37.3 Å². The van der Waals surface area contributed by atoms with Gasteiger partial charge in [0.15, 0.2) is 0 Å². The molecule has 0 amide bonds. The van der Waals surface area contributed by atoms with Crippen molar-refractivity contribution in [2.45, 2.75) is 10.6 Å². The Labute approximate surface area is 107 Å². The van der Waals surface area contributed by atoms with Crippen molar-refractivity contribution in [3.05, 3.63) is 15.9 Å². The molecule has 0 aliphatic carbocycles. The van der Waals surface area contributed by atoms with Crippen LogP contribution in [-0.4, -0.2) is 37.5 Å². The fraction of sp³-hybridized carbons (Fsp3) is 0.556. The minimum Gasteiger partial charge on any atom is -0.396 e. The van der Waals surface area contributed by atoms with Gasteiger partial charge < -0.3 is 5.11 Å². The smallest absolute Gasteiger partial charge is 0.252 e. The lowest BCUT2D eigenvalue weighted by atomic mass is 10.1. The van der Waals surface area contributed by atoms with Gasteiger partial charge in [0.1, 0.15) is 4.21 Å². The zero-order valence-corrected chi connectivity index (χ0v) is 11.7. The molecule has 0 aromatic carbocycles. The maximum Gasteiger partial charge on any atom is 0.252 e. The number of aliphatic hydroxyl groups is 1. The van der Waals surface area contributed by atoms with Crippen molar-refractivity contribution in [1.82, 2.24) is 4.31 Å². The lowest BCUT2D eigenvalue weighted by Gasteiger charge is -2.14. The van der Waals surface area contributed by atoms with Crippen molar-refractivity contribution in [3.8, 4) is 0 Å². The number of thiophene rings is 1. The first-order valence-corrected chi connectivity index (χ1v) is 7.95. The fourth-order valence-corrected chi connectivity index (χ4v) is 5.42. The van der Waals surface area contributed by atoms with Gasteiger partial charge in [-0.2, -0.15) is 4.31 Å². The van der Waals surface area contributed by atoms with Crippen LogP contribution >= 0.6 is 27.3 Å². The van der Waals surface area contributed by atoms with Crippen LogP contribution in [-0.2, 0) is 10.0 Å². The average Bonchev–Trinajstić information content (AvgIpc) is 2.85. The molecular weight excluding hydrogens is 314 g/mol. The Bertz CT molecular complexity index is 471. The largest absolute Gasteiger partial charge is 0.396 e. The zero-order chi connectivity index (χ0) is 11.8. The molecule has 1 unspecified atom stereocenters. The highest BCUT2D eigenvalue weighted by Crippen LogP contribution is 2.31. The van der Waals surface area contributed by atoms with Crippen LogP contribution in [0.3, 0.4) is 0 Å². The molecule has 0 spiro atoms. The maximum atomic E-state index is 12.1. The minimum absolute atomic E-state index is 0.0557. The molecule has 2 heterocycles. The summed E-state index contributed by atoms with van der Waals surface area (Å²) >= 11 is 4.47. The Balaban J connectivity index is 2.21. The summed E-state index contributed by atoms with van der Waals surface area (Å²) in [7, 11) is -3.35. The van der Waals surface area contributed by atoms with E-state index in [-0.39, 0.29) is 12.5 Å². The van der Waals surface area contributed by atoms with Crippen LogP contribution in [0.25, 0.3) is 0 Å². The van der Waals surface area contributed by atoms with E-state index in [0.717, 1.165) is 10.2 Å². The van der Waals surface area contributed by atoms with E-state index in [0.29, 0.717) is 17.3 Å². The standard InChI is InChI=1S/C9H12BrNO3S2/c10-8-1-2-9(15-8)16(13,14)11-4-3-7(5-11)6-12/h1-2,7,12H,3-6H2. The molecule has 0 saturated carbocycles. The molecule has 1 aromatic rings. The summed E-state index contributed by atoms with van der Waals surface area (Å²) in [5.74, 6) is 0.0816. The van der Waals surface area contributed by atoms with E-state index < -0.39 is 10.0 Å². The second-order valence-electron chi connectivity index (χ2n) is 3.76. The Morgan fingerprint density at radius 2 is 2.31 bits per heavy atom. The number of aliphatic hydroxyl groups excluding tert-OH is 1. The SMILES string of the molecule is O=S(=O)(c1ccc(Br)s1)N1CCC(CO)C1. The molecule has 2 rings (SSSR count). The van der Waals surface area contributed by atoms with E-state index in [4.69, 9.17) is 5.11 Å². The van der Waals surface area contributed by atoms with Gasteiger partial charge in [0, 0.05) is 19.7 Å². The van der Waals surface area contributed by atoms with Gasteiger partial charge in [-0.15, -0.1) is 11.3 Å². The molecule has 1 saturated heterocycles. The van der Waals surface area contributed by atoms with Gasteiger partial charge >= 0.3 is 0 Å². The van der Waals surface area contributed by atoms with Crippen LogP contribution in [0.15, 0.2) is 20.1 Å². The van der Waals surface area contributed by atoms with E-state index in [2.05, 4.69) is 15.9 Å². The van der Waals surface area contributed by atoms with Gasteiger partial charge in [-0.05, 0) is 40.4 Å². The zero-order valence-electron chi connectivity index (χ0n) is 8.47. The third-order valence-electron chi connectivity index (χ3n) is 2.65. The van der Waals surface area contributed by atoms with Gasteiger partial charge in [-0.3, -0.25) is 0 Å². The molecule has 4 nitrogen and oxygen atoms in total. The van der Waals surface area contributed by atoms with Gasteiger partial charge in [0.05, 0.1) is 3.79 Å². The van der Waals surface area contributed by atoms with Crippen LogP contribution in [0.5, 0.6) is 0 Å². The molecule has 0 radical (unpaired) electrons. The minimum atomic E-state index is -3.35. The number of sulfonamides is 1. The molecule has 1 atom stereocenters. The van der Waals surface area contributed by atoms with Crippen LogP contribution in [0.2, 0.25) is 0 Å². The first-order valence-electron chi connectivity index (χ1n) is 4.90. The second kappa shape index (κ2) is 4.73. The van der Waals surface area contributed by atoms with E-state index in [1.807, 2.05) is 0 Å². The van der Waals surface area contributed by atoms with E-state index in [9.17, 15) is 8.42 Å². The summed E-state index contributed by atoms with van der Waals surface area (Å²) in [6, 6.07) is 3.34. The van der Waals surface area contributed by atoms with Crippen LogP contribution in [0.1, 0.15) is 6.42 Å². The molecule has 1 fully saturated rings. The van der Waals surface area contributed by atoms with E-state index >= 15 is 0 Å². The summed E-state index contributed by atoms with van der Waals surface area (Å²) in [6.07, 6.45) is 0.738. The summed E-state index contributed by atoms with van der Waals surface area (Å²) in [4.78, 5) is 0. The van der Waals surface area contributed by atoms with Gasteiger partial charge in [0.2, 0.25) is 0 Å². The topological polar surface area (TPSA) is 57.6 Å². The van der Waals surface area contributed by atoms with Gasteiger partial charge in [-0.25, -0.2) is 8.42 Å². The molecule has 1 aliphatic heterocycles. The molecule has 16 heavy (non-hydrogen) atoms. The first kappa shape index (κ1) is 12.5. The Hall–Kier alpha value is 0.0500. The van der Waals surface area contributed by atoms with Gasteiger partial charge in [0.25, 0.3) is 10.0 Å². The average molecular weight is 326 g/mol. The first-order chi connectivity index (χ1) is 7.54. The molecule has 7 heteroatoms. The van der Waals surface area contributed by atoms with Crippen molar-refractivity contribution in [2.24, 2.45) is 5.92 Å². The van der Waals surface area contributed by atoms with Crippen LogP contribution in [0.4, 0.5) is 0 Å². The summed E-state index contributed by atoms with van der Waals surface area (Å²) in [5.41, 5.74) is 0. The molecule has 1 aliphatic rings. The predicted molar refractivity (Wildman–Crippen MR) is 66.0 cm³/mol. The lowest BCUT2D eigenvalue weighted by Crippen LogP contribution is -2.28. The molecule has 1 N–H and O–H groups in total. The number of hydrogen-bond donors (Lipinski definition) is 1. The Morgan fingerprint density at radius 3 is 2.81 bits per heavy atom. The monoisotopic (exact) mass is 325 g/mol. The molecule has 1 aromatic heterocycles. The molecule has 0 bridgehead atoms. The van der Waals surface area contributed by atoms with Crippen molar-refractivity contribution < 1.29 is 13.5 Å². The quantitative estimate of drug-likeness (QED) is 0.916. The van der Waals surface area contributed by atoms with Crippen LogP contribution in [0, 0.1) is 5.92 Å². The lowest BCUT2D eigenvalue weighted by molar-refractivity contribution is 0.233. The third kappa shape index (κ3) is 2.33. The highest BCUT2D eigenvalue weighted by Gasteiger charge is 2.32. The number of nitrogens with zero attached hydrogens (tertiary/aromatic N) is 1. The summed E-state index contributed by atoms with van der Waals surface area (Å²) in [6.45, 7) is 0.984. The van der Waals surface area contributed by atoms with E-state index in [1.165, 1.54) is 15.6 Å². The van der Waals surface area contributed by atoms with Crippen molar-refractivity contribution in [1.29, 1.82) is 0 Å². The number of halogens is 1. The Kier molecular flexibility index (Phi) is 3.70. The normalized spacial score (nSPS) is 22.8. The summed E-state index contributed by atoms with van der Waals surface area (Å²) in [5, 5.41) is 9.00. The van der Waals surface area contributed by atoms with Gasteiger partial charge in [-0.1, -0.05) is 0 Å². The maximum absolute atomic E-state index is 12.1. The fourth-order valence-electron chi connectivity index (χ4n) is 1.73. The van der Waals surface area contributed by atoms with Crippen LogP contribution < -0.4 is 0 Å². The Morgan fingerprint density at radius 1 is 1.56 bits per heavy atom. The molecular formula is C9H12BrNO3S2. The third-order valence-corrected chi connectivity index (χ3v) is 6.61. The highest BCUT2D eigenvalue weighted by atomic mass is 79.9. The van der Waals surface area contributed by atoms with E-state index in [1.54, 1.807) is 12.1 Å². The van der Waals surface area contributed by atoms with Crippen molar-refractivity contribution in [2.75, 3.05) is 19.7 Å². The highest BCUT2D eigenvalue weighted by molar-refractivity contribution is 9.11. The second-order valence-corrected chi connectivity index (χ2v) is 8.39.